The average Bonchev–Trinajstić information content (AvgIpc) is 2.86. The zero-order chi connectivity index (χ0) is 29.3. The topological polar surface area (TPSA) is 212 Å². The molecule has 0 bridgehead atoms. The second-order valence-electron chi connectivity index (χ2n) is 8.06. The van der Waals surface area contributed by atoms with Gasteiger partial charge in [0.1, 0.15) is 0 Å². The molecule has 222 valence electrons. The van der Waals surface area contributed by atoms with Gasteiger partial charge in [-0.25, -0.2) is 9.59 Å². The number of hydrogen-bond acceptors (Lipinski definition) is 12. The van der Waals surface area contributed by atoms with Gasteiger partial charge in [-0.15, -0.1) is 0 Å². The van der Waals surface area contributed by atoms with E-state index in [-0.39, 0.29) is 32.7 Å². The van der Waals surface area contributed by atoms with Gasteiger partial charge in [-0.1, -0.05) is 0 Å². The van der Waals surface area contributed by atoms with Crippen LogP contribution in [0.4, 0.5) is 0 Å². The smallest absolute Gasteiger partial charge is 0.347 e. The molecule has 14 heteroatoms. The van der Waals surface area contributed by atoms with Crippen LogP contribution in [0.5, 0.6) is 0 Å². The van der Waals surface area contributed by atoms with Crippen LogP contribution in [0.25, 0.3) is 0 Å². The largest absolute Gasteiger partial charge is 0.481 e. The molecule has 4 N–H and O–H groups in total. The normalized spacial score (nSPS) is 17.0. The molecule has 3 atom stereocenters. The zero-order valence-electron chi connectivity index (χ0n) is 22.3. The Hall–Kier alpha value is -2.81. The molecule has 1 saturated heterocycles. The molecule has 38 heavy (non-hydrogen) atoms. The highest BCUT2D eigenvalue weighted by molar-refractivity contribution is 5.86. The summed E-state index contributed by atoms with van der Waals surface area (Å²) >= 11 is 0. The van der Waals surface area contributed by atoms with Gasteiger partial charge in [0.2, 0.25) is 0 Å². The monoisotopic (exact) mass is 554 g/mol. The molecule has 3 unspecified atom stereocenters. The quantitative estimate of drug-likeness (QED) is 0.110. The lowest BCUT2D eigenvalue weighted by molar-refractivity contribution is -0.191. The number of hydrogen-bond donors (Lipinski definition) is 4. The molecule has 1 aliphatic rings. The van der Waals surface area contributed by atoms with E-state index in [2.05, 4.69) is 9.47 Å². The Kier molecular flexibility index (Phi) is 24.1. The van der Waals surface area contributed by atoms with E-state index < -0.39 is 48.0 Å². The van der Waals surface area contributed by atoms with E-state index in [9.17, 15) is 24.0 Å². The number of esters is 3. The summed E-state index contributed by atoms with van der Waals surface area (Å²) in [4.78, 5) is 52.6. The number of carboxylic acids is 2. The molecule has 0 amide bonds. The number of carbonyl (C=O) groups is 5. The molecular weight excluding hydrogens is 512 g/mol. The van der Waals surface area contributed by atoms with Crippen LogP contribution in [0.15, 0.2) is 0 Å². The fraction of sp³-hybridized carbons (Fsp3) is 0.792. The number of aliphatic hydroxyl groups excluding tert-OH is 2. The van der Waals surface area contributed by atoms with Crippen LogP contribution < -0.4 is 0 Å². The number of carboxylic acid groups (broad SMARTS) is 2. The second kappa shape index (κ2) is 24.5. The van der Waals surface area contributed by atoms with Crippen molar-refractivity contribution < 1.29 is 68.1 Å². The minimum atomic E-state index is -0.833. The van der Waals surface area contributed by atoms with Crippen LogP contribution >= 0.6 is 0 Å². The molecule has 0 aromatic heterocycles. The summed E-state index contributed by atoms with van der Waals surface area (Å²) in [5, 5.41) is 33.6. The van der Waals surface area contributed by atoms with Gasteiger partial charge in [0, 0.05) is 52.3 Å². The van der Waals surface area contributed by atoms with Crippen molar-refractivity contribution in [2.45, 2.75) is 71.5 Å². The van der Waals surface area contributed by atoms with E-state index in [0.29, 0.717) is 52.1 Å². The summed E-state index contributed by atoms with van der Waals surface area (Å²) in [5.41, 5.74) is 0. The van der Waals surface area contributed by atoms with Gasteiger partial charge in [-0.3, -0.25) is 14.4 Å². The summed E-state index contributed by atoms with van der Waals surface area (Å²) in [7, 11) is 0. The number of cyclic esters (lactones) is 2. The summed E-state index contributed by atoms with van der Waals surface area (Å²) in [6.45, 7) is 6.50. The Labute approximate surface area is 222 Å². The highest BCUT2D eigenvalue weighted by atomic mass is 16.6. The summed E-state index contributed by atoms with van der Waals surface area (Å²) < 4.78 is 24.2. The van der Waals surface area contributed by atoms with Crippen molar-refractivity contribution in [3.63, 3.8) is 0 Å². The first-order valence-corrected chi connectivity index (χ1v) is 12.3. The van der Waals surface area contributed by atoms with Gasteiger partial charge in [-0.2, -0.15) is 0 Å². The first kappa shape index (κ1) is 37.3. The minimum Gasteiger partial charge on any atom is -0.481 e. The number of rotatable bonds is 17. The van der Waals surface area contributed by atoms with Gasteiger partial charge in [0.15, 0.2) is 12.2 Å². The van der Waals surface area contributed by atoms with E-state index >= 15 is 0 Å². The maximum Gasteiger partial charge on any atom is 0.347 e. The summed E-state index contributed by atoms with van der Waals surface area (Å²) in [5.74, 6) is -3.50. The molecule has 0 spiro atoms. The van der Waals surface area contributed by atoms with E-state index in [0.717, 1.165) is 0 Å². The molecule has 0 saturated carbocycles. The Morgan fingerprint density at radius 3 is 1.58 bits per heavy atom. The van der Waals surface area contributed by atoms with Crippen molar-refractivity contribution in [3.05, 3.63) is 0 Å². The minimum absolute atomic E-state index is 0.100. The third-order valence-electron chi connectivity index (χ3n) is 4.41. The molecule has 0 aromatic carbocycles. The predicted octanol–water partition coefficient (Wildman–Crippen LogP) is 0.543. The lowest BCUT2D eigenvalue weighted by atomic mass is 10.2. The number of aliphatic carboxylic acids is 2. The Bertz CT molecular complexity index is 661. The van der Waals surface area contributed by atoms with Crippen LogP contribution in [-0.4, -0.2) is 109 Å². The Morgan fingerprint density at radius 1 is 0.763 bits per heavy atom. The standard InChI is InChI=1S/C11H20O6.C7H14O4.C6H8O4/c1-9(8-12)11(15)17-7-3-6-16-5-2-4-10(13)14;8-4-2-6-11-5-1-3-7(9)10;1-3-5(7)10-4(2)6(8)9-3/h9,12H,2-8H2,1H3,(H,13,14);8H,1-6H2,(H,9,10);3-4H,1-2H3. The lowest BCUT2D eigenvalue weighted by Gasteiger charge is -2.22. The molecule has 1 aliphatic heterocycles. The highest BCUT2D eigenvalue weighted by Gasteiger charge is 2.32. The van der Waals surface area contributed by atoms with Gasteiger partial charge in [0.25, 0.3) is 0 Å². The van der Waals surface area contributed by atoms with Crippen molar-refractivity contribution in [1.29, 1.82) is 0 Å². The van der Waals surface area contributed by atoms with Crippen LogP contribution in [0, 0.1) is 5.92 Å². The first-order valence-electron chi connectivity index (χ1n) is 12.3. The number of aliphatic hydroxyl groups is 2. The van der Waals surface area contributed by atoms with Crippen molar-refractivity contribution in [1.82, 2.24) is 0 Å². The van der Waals surface area contributed by atoms with Crippen LogP contribution in [-0.2, 0) is 47.7 Å². The molecule has 1 rings (SSSR count). The van der Waals surface area contributed by atoms with Crippen LogP contribution in [0.3, 0.4) is 0 Å². The summed E-state index contributed by atoms with van der Waals surface area (Å²) in [6.07, 6.45) is 0.969. The van der Waals surface area contributed by atoms with Crippen LogP contribution in [0.2, 0.25) is 0 Å². The molecule has 0 radical (unpaired) electrons. The van der Waals surface area contributed by atoms with Gasteiger partial charge in [-0.05, 0) is 40.0 Å². The van der Waals surface area contributed by atoms with E-state index in [1.165, 1.54) is 13.8 Å². The van der Waals surface area contributed by atoms with Crippen molar-refractivity contribution >= 4 is 29.8 Å². The SMILES string of the molecule is CC(CO)C(=O)OCCCOCCCC(=O)O.CC1OC(=O)C(C)OC1=O.O=C(O)CCCOCCCO. The first-order chi connectivity index (χ1) is 18.0. The number of carbonyl (C=O) groups excluding carboxylic acids is 3. The fourth-order valence-corrected chi connectivity index (χ4v) is 2.21. The second-order valence-corrected chi connectivity index (χ2v) is 8.06. The zero-order valence-corrected chi connectivity index (χ0v) is 22.3. The van der Waals surface area contributed by atoms with E-state index in [1.807, 2.05) is 0 Å². The Morgan fingerprint density at radius 2 is 1.18 bits per heavy atom. The van der Waals surface area contributed by atoms with Gasteiger partial charge >= 0.3 is 29.8 Å². The molecular formula is C24H42O14. The Balaban J connectivity index is 0. The third kappa shape index (κ3) is 23.6. The van der Waals surface area contributed by atoms with Crippen molar-refractivity contribution in [2.75, 3.05) is 46.2 Å². The maximum atomic E-state index is 11.1. The predicted molar refractivity (Wildman–Crippen MR) is 130 cm³/mol. The molecule has 14 nitrogen and oxygen atoms in total. The van der Waals surface area contributed by atoms with Crippen molar-refractivity contribution in [2.24, 2.45) is 5.92 Å². The molecule has 1 fully saturated rings. The summed E-state index contributed by atoms with van der Waals surface area (Å²) in [6, 6.07) is 0. The number of ether oxygens (including phenoxy) is 5. The maximum absolute atomic E-state index is 11.1. The fourth-order valence-electron chi connectivity index (χ4n) is 2.21. The highest BCUT2D eigenvalue weighted by Crippen LogP contribution is 2.08. The van der Waals surface area contributed by atoms with Gasteiger partial charge in [0.05, 0.1) is 19.1 Å². The lowest BCUT2D eigenvalue weighted by Crippen LogP contribution is -2.40. The van der Waals surface area contributed by atoms with Crippen LogP contribution in [0.1, 0.15) is 59.3 Å². The van der Waals surface area contributed by atoms with Gasteiger partial charge < -0.3 is 44.1 Å². The van der Waals surface area contributed by atoms with E-state index in [1.54, 1.807) is 6.92 Å². The van der Waals surface area contributed by atoms with Crippen molar-refractivity contribution in [3.8, 4) is 0 Å². The molecule has 0 aliphatic carbocycles. The van der Waals surface area contributed by atoms with E-state index in [4.69, 9.17) is 34.6 Å². The average molecular weight is 555 g/mol. The molecule has 1 heterocycles. The third-order valence-corrected chi connectivity index (χ3v) is 4.41. The molecule has 0 aromatic rings.